The summed E-state index contributed by atoms with van der Waals surface area (Å²) in [5.41, 5.74) is -1.43. The average Bonchev–Trinajstić information content (AvgIpc) is 3.01. The Labute approximate surface area is 218 Å². The largest absolute Gasteiger partial charge is 0.462 e. The summed E-state index contributed by atoms with van der Waals surface area (Å²) in [6, 6.07) is 0. The van der Waals surface area contributed by atoms with Crippen LogP contribution in [-0.2, 0) is 38.1 Å². The minimum Gasteiger partial charge on any atom is -0.462 e. The lowest BCUT2D eigenvalue weighted by Gasteiger charge is -2.54. The molecule has 1 N–H and O–H groups in total. The predicted octanol–water partition coefficient (Wildman–Crippen LogP) is 3.57. The quantitative estimate of drug-likeness (QED) is 0.329. The molecule has 0 unspecified atom stereocenters. The van der Waals surface area contributed by atoms with Crippen LogP contribution in [0.4, 0.5) is 0 Å². The van der Waals surface area contributed by atoms with Gasteiger partial charge in [0, 0.05) is 32.6 Å². The van der Waals surface area contributed by atoms with E-state index in [9.17, 15) is 24.3 Å². The smallest absolute Gasteiger partial charge is 0.312 e. The third kappa shape index (κ3) is 5.33. The highest BCUT2D eigenvalue weighted by atomic mass is 16.6. The first-order chi connectivity index (χ1) is 17.3. The summed E-state index contributed by atoms with van der Waals surface area (Å²) in [6.07, 6.45) is 1.85. The van der Waals surface area contributed by atoms with E-state index in [1.807, 2.05) is 33.8 Å². The molecule has 3 aliphatic rings. The van der Waals surface area contributed by atoms with Crippen molar-refractivity contribution in [2.75, 3.05) is 0 Å². The molecule has 0 aromatic carbocycles. The van der Waals surface area contributed by atoms with Crippen LogP contribution in [0.1, 0.15) is 80.6 Å². The van der Waals surface area contributed by atoms with Crippen LogP contribution in [-0.4, -0.2) is 59.0 Å². The number of hydrogen-bond acceptors (Lipinski definition) is 9. The number of rotatable bonds is 5. The Morgan fingerprint density at radius 3 is 2.35 bits per heavy atom. The molecule has 0 saturated carbocycles. The number of esters is 4. The molecule has 8 atom stereocenters. The highest BCUT2D eigenvalue weighted by Crippen LogP contribution is 2.55. The maximum Gasteiger partial charge on any atom is 0.312 e. The molecule has 0 aromatic rings. The summed E-state index contributed by atoms with van der Waals surface area (Å²) in [6.45, 7) is 11.5. The zero-order valence-corrected chi connectivity index (χ0v) is 22.9. The normalized spacial score (nSPS) is 39.1. The van der Waals surface area contributed by atoms with Crippen LogP contribution in [0.5, 0.6) is 0 Å². The number of aliphatic hydroxyl groups is 1. The predicted molar refractivity (Wildman–Crippen MR) is 133 cm³/mol. The topological polar surface area (TPSA) is 125 Å². The lowest BCUT2D eigenvalue weighted by atomic mass is 9.56. The van der Waals surface area contributed by atoms with Crippen molar-refractivity contribution >= 4 is 23.9 Å². The molecule has 9 heteroatoms. The number of hydrogen-bond donors (Lipinski definition) is 1. The first-order valence-corrected chi connectivity index (χ1v) is 13.1. The summed E-state index contributed by atoms with van der Waals surface area (Å²) < 4.78 is 23.4. The maximum atomic E-state index is 12.8. The molecule has 0 amide bonds. The van der Waals surface area contributed by atoms with Gasteiger partial charge in [-0.05, 0) is 46.1 Å². The van der Waals surface area contributed by atoms with Crippen molar-refractivity contribution in [3.8, 4) is 0 Å². The van der Waals surface area contributed by atoms with E-state index < -0.39 is 65.2 Å². The Morgan fingerprint density at radius 1 is 1.11 bits per heavy atom. The Morgan fingerprint density at radius 2 is 1.76 bits per heavy atom. The minimum absolute atomic E-state index is 0.220. The number of carbonyl (C=O) groups excluding carboxylic acids is 4. The minimum atomic E-state index is -1.92. The molecule has 1 saturated heterocycles. The summed E-state index contributed by atoms with van der Waals surface area (Å²) >= 11 is 0. The number of fused-ring (bicyclic) bond motifs is 2. The van der Waals surface area contributed by atoms with Crippen molar-refractivity contribution in [2.45, 2.75) is 111 Å². The van der Waals surface area contributed by atoms with Crippen molar-refractivity contribution < 1.29 is 43.2 Å². The van der Waals surface area contributed by atoms with E-state index in [0.29, 0.717) is 25.7 Å². The van der Waals surface area contributed by atoms with E-state index in [2.05, 4.69) is 0 Å². The van der Waals surface area contributed by atoms with Crippen molar-refractivity contribution in [1.29, 1.82) is 0 Å². The summed E-state index contributed by atoms with van der Waals surface area (Å²) in [5.74, 6) is -3.91. The van der Waals surface area contributed by atoms with Gasteiger partial charge in [-0.25, -0.2) is 0 Å². The molecule has 0 aromatic heterocycles. The van der Waals surface area contributed by atoms with Gasteiger partial charge in [-0.1, -0.05) is 31.1 Å². The Hall–Kier alpha value is -2.68. The van der Waals surface area contributed by atoms with E-state index in [1.165, 1.54) is 13.8 Å². The van der Waals surface area contributed by atoms with Gasteiger partial charge in [0.15, 0.2) is 11.7 Å². The van der Waals surface area contributed by atoms with Crippen LogP contribution >= 0.6 is 0 Å². The highest BCUT2D eigenvalue weighted by Gasteiger charge is 2.67. The van der Waals surface area contributed by atoms with Gasteiger partial charge in [-0.15, -0.1) is 0 Å². The monoisotopic (exact) mass is 520 g/mol. The maximum absolute atomic E-state index is 12.8. The summed E-state index contributed by atoms with van der Waals surface area (Å²) in [7, 11) is 0. The van der Waals surface area contributed by atoms with Gasteiger partial charge in [0.1, 0.15) is 18.3 Å². The molecule has 206 valence electrons. The lowest BCUT2D eigenvalue weighted by molar-refractivity contribution is -0.216. The standard InChI is InChI=1S/C28H40O9/c1-8-9-23(31)36-21-12-10-15(2)14-22-28(33,17(4)26(32)37-22)25(35-19(6)30)24-16(3)11-13-20(27(21,24)7)34-18(5)29/h11,14,17,20-22,24-25,33H,8-10,12-13H2,1-7H3/b15-14-/t17-,20-,21+,22-,24+,25+,27+,28-/m0/s1. The molecule has 1 aliphatic heterocycles. The Kier molecular flexibility index (Phi) is 8.57. The summed E-state index contributed by atoms with van der Waals surface area (Å²) in [5, 5.41) is 12.3. The van der Waals surface area contributed by atoms with Crippen molar-refractivity contribution in [2.24, 2.45) is 17.3 Å². The zero-order chi connectivity index (χ0) is 27.7. The van der Waals surface area contributed by atoms with E-state index in [0.717, 1.165) is 11.1 Å². The number of carbonyl (C=O) groups is 4. The van der Waals surface area contributed by atoms with Crippen LogP contribution in [0.2, 0.25) is 0 Å². The number of ether oxygens (including phenoxy) is 4. The van der Waals surface area contributed by atoms with E-state index in [-0.39, 0.29) is 12.4 Å². The van der Waals surface area contributed by atoms with Gasteiger partial charge in [-0.2, -0.15) is 0 Å². The second kappa shape index (κ2) is 11.0. The second-order valence-corrected chi connectivity index (χ2v) is 10.9. The molecular formula is C28H40O9. The van der Waals surface area contributed by atoms with Crippen LogP contribution in [0.25, 0.3) is 0 Å². The van der Waals surface area contributed by atoms with Gasteiger partial charge in [0.05, 0.1) is 11.3 Å². The molecule has 1 fully saturated rings. The Balaban J connectivity index is 2.32. The molecule has 2 aliphatic carbocycles. The molecule has 0 radical (unpaired) electrons. The van der Waals surface area contributed by atoms with Crippen LogP contribution in [0, 0.1) is 17.3 Å². The first kappa shape index (κ1) is 28.9. The van der Waals surface area contributed by atoms with E-state index >= 15 is 0 Å². The van der Waals surface area contributed by atoms with Gasteiger partial charge in [0.2, 0.25) is 0 Å². The molecule has 9 nitrogen and oxygen atoms in total. The van der Waals surface area contributed by atoms with Crippen molar-refractivity contribution in [3.05, 3.63) is 23.3 Å². The molecule has 3 rings (SSSR count). The lowest BCUT2D eigenvalue weighted by Crippen LogP contribution is -2.65. The molecule has 37 heavy (non-hydrogen) atoms. The Bertz CT molecular complexity index is 998. The van der Waals surface area contributed by atoms with Gasteiger partial charge >= 0.3 is 23.9 Å². The van der Waals surface area contributed by atoms with E-state index in [1.54, 1.807) is 13.0 Å². The first-order valence-electron chi connectivity index (χ1n) is 13.1. The SMILES string of the molecule is CCCC(=O)O[C@@H]1CC/C(C)=C\[C@@H]2OC(=O)[C@H](C)[C@@]2(O)[C@H](OC(C)=O)[C@H]2C(C)=CC[C@H](OC(C)=O)[C@@]21C. The zero-order valence-electron chi connectivity index (χ0n) is 22.9. The van der Waals surface area contributed by atoms with Crippen molar-refractivity contribution in [1.82, 2.24) is 0 Å². The van der Waals surface area contributed by atoms with Gasteiger partial charge in [-0.3, -0.25) is 19.2 Å². The number of allylic oxidation sites excluding steroid dienone is 1. The van der Waals surface area contributed by atoms with Crippen LogP contribution < -0.4 is 0 Å². The third-order valence-electron chi connectivity index (χ3n) is 8.27. The molecule has 0 spiro atoms. The van der Waals surface area contributed by atoms with Crippen LogP contribution in [0.15, 0.2) is 23.3 Å². The van der Waals surface area contributed by atoms with E-state index in [4.69, 9.17) is 18.9 Å². The van der Waals surface area contributed by atoms with Gasteiger partial charge in [0.25, 0.3) is 0 Å². The molecule has 1 heterocycles. The van der Waals surface area contributed by atoms with Gasteiger partial charge < -0.3 is 24.1 Å². The third-order valence-corrected chi connectivity index (χ3v) is 8.27. The fourth-order valence-electron chi connectivity index (χ4n) is 6.27. The fraction of sp³-hybridized carbons (Fsp3) is 0.714. The van der Waals surface area contributed by atoms with Crippen LogP contribution in [0.3, 0.4) is 0 Å². The average molecular weight is 521 g/mol. The second-order valence-electron chi connectivity index (χ2n) is 10.9. The summed E-state index contributed by atoms with van der Waals surface area (Å²) in [4.78, 5) is 50.3. The fourth-order valence-corrected chi connectivity index (χ4v) is 6.27. The molecular weight excluding hydrogens is 480 g/mol. The van der Waals surface area contributed by atoms with Crippen molar-refractivity contribution in [3.63, 3.8) is 0 Å². The molecule has 0 bridgehead atoms. The highest BCUT2D eigenvalue weighted by molar-refractivity contribution is 5.78.